The molecule has 0 aliphatic rings. The maximum absolute atomic E-state index is 12.1. The quantitative estimate of drug-likeness (QED) is 0.943. The third kappa shape index (κ3) is 2.88. The summed E-state index contributed by atoms with van der Waals surface area (Å²) in [6, 6.07) is 5.00. The average molecular weight is 327 g/mol. The predicted molar refractivity (Wildman–Crippen MR) is 73.7 cm³/mol. The van der Waals surface area contributed by atoms with Crippen LogP contribution in [-0.4, -0.2) is 27.9 Å². The van der Waals surface area contributed by atoms with Gasteiger partial charge in [0.25, 0.3) is 5.91 Å². The van der Waals surface area contributed by atoms with Crippen LogP contribution in [0, 0.1) is 0 Å². The highest BCUT2D eigenvalue weighted by atomic mass is 79.9. The minimum atomic E-state index is -0.294. The van der Waals surface area contributed by atoms with E-state index in [0.29, 0.717) is 6.54 Å². The molecule has 0 saturated heterocycles. The van der Waals surface area contributed by atoms with Gasteiger partial charge in [-0.25, -0.2) is 4.98 Å². The molecule has 1 N–H and O–H groups in total. The fourth-order valence-electron chi connectivity index (χ4n) is 1.48. The summed E-state index contributed by atoms with van der Waals surface area (Å²) in [5.74, 6) is -0.390. The van der Waals surface area contributed by atoms with E-state index in [1.165, 1.54) is 17.2 Å². The number of aromatic nitrogens is 1. The molecule has 2 rings (SSSR count). The van der Waals surface area contributed by atoms with Crippen molar-refractivity contribution in [2.45, 2.75) is 6.54 Å². The van der Waals surface area contributed by atoms with Crippen molar-refractivity contribution in [3.05, 3.63) is 44.8 Å². The minimum Gasteiger partial charge on any atom is -0.505 e. The largest absolute Gasteiger partial charge is 0.505 e. The summed E-state index contributed by atoms with van der Waals surface area (Å²) in [6.45, 7) is 0.491. The summed E-state index contributed by atoms with van der Waals surface area (Å²) in [7, 11) is 1.68. The zero-order valence-corrected chi connectivity index (χ0v) is 12.0. The van der Waals surface area contributed by atoms with Gasteiger partial charge in [-0.15, -0.1) is 11.3 Å². The van der Waals surface area contributed by atoms with E-state index in [1.54, 1.807) is 24.5 Å². The monoisotopic (exact) mass is 326 g/mol. The third-order valence-electron chi connectivity index (χ3n) is 2.35. The fraction of sp³-hybridized carbons (Fsp3) is 0.167. The maximum Gasteiger partial charge on any atom is 0.276 e. The van der Waals surface area contributed by atoms with Crippen LogP contribution in [0.4, 0.5) is 0 Å². The van der Waals surface area contributed by atoms with E-state index in [1.807, 2.05) is 11.4 Å². The van der Waals surface area contributed by atoms with E-state index >= 15 is 0 Å². The van der Waals surface area contributed by atoms with Crippen LogP contribution < -0.4 is 0 Å². The van der Waals surface area contributed by atoms with Crippen molar-refractivity contribution in [3.63, 3.8) is 0 Å². The highest BCUT2D eigenvalue weighted by molar-refractivity contribution is 9.10. The molecule has 18 heavy (non-hydrogen) atoms. The number of hydrogen-bond donors (Lipinski definition) is 1. The van der Waals surface area contributed by atoms with Crippen LogP contribution in [0.2, 0.25) is 0 Å². The van der Waals surface area contributed by atoms with Crippen molar-refractivity contribution in [2.24, 2.45) is 0 Å². The molecule has 0 radical (unpaired) electrons. The van der Waals surface area contributed by atoms with Crippen molar-refractivity contribution in [2.75, 3.05) is 7.05 Å². The standard InChI is InChI=1S/C12H11BrN2O2S/c1-15(6-9-5-8(13)7-18-9)12(17)11-10(16)3-2-4-14-11/h2-5,7,16H,6H2,1H3. The fourth-order valence-corrected chi connectivity index (χ4v) is 2.99. The Balaban J connectivity index is 2.12. The summed E-state index contributed by atoms with van der Waals surface area (Å²) < 4.78 is 1.00. The van der Waals surface area contributed by atoms with Crippen molar-refractivity contribution in [3.8, 4) is 5.75 Å². The summed E-state index contributed by atoms with van der Waals surface area (Å²) in [4.78, 5) is 18.6. The molecule has 4 nitrogen and oxygen atoms in total. The molecule has 0 fully saturated rings. The third-order valence-corrected chi connectivity index (χ3v) is 4.03. The lowest BCUT2D eigenvalue weighted by Crippen LogP contribution is -2.26. The number of carbonyl (C=O) groups is 1. The number of amides is 1. The van der Waals surface area contributed by atoms with Gasteiger partial charge in [-0.3, -0.25) is 4.79 Å². The molecular weight excluding hydrogens is 316 g/mol. The van der Waals surface area contributed by atoms with Gasteiger partial charge >= 0.3 is 0 Å². The Morgan fingerprint density at radius 1 is 1.61 bits per heavy atom. The van der Waals surface area contributed by atoms with Gasteiger partial charge in [0.15, 0.2) is 5.69 Å². The van der Waals surface area contributed by atoms with Crippen LogP contribution in [-0.2, 0) is 6.54 Å². The Kier molecular flexibility index (Phi) is 3.98. The molecule has 0 aliphatic carbocycles. The van der Waals surface area contributed by atoms with E-state index in [9.17, 15) is 9.90 Å². The molecule has 0 atom stereocenters. The topological polar surface area (TPSA) is 53.4 Å². The summed E-state index contributed by atoms with van der Waals surface area (Å²) in [6.07, 6.45) is 1.49. The summed E-state index contributed by atoms with van der Waals surface area (Å²) in [5, 5.41) is 11.5. The second kappa shape index (κ2) is 5.49. The Morgan fingerprint density at radius 2 is 2.39 bits per heavy atom. The van der Waals surface area contributed by atoms with Crippen molar-refractivity contribution in [1.29, 1.82) is 0 Å². The molecule has 6 heteroatoms. The zero-order chi connectivity index (χ0) is 13.1. The smallest absolute Gasteiger partial charge is 0.276 e. The Labute approximate surface area is 117 Å². The molecule has 0 bridgehead atoms. The lowest BCUT2D eigenvalue weighted by Gasteiger charge is -2.16. The Bertz CT molecular complexity index is 571. The summed E-state index contributed by atoms with van der Waals surface area (Å²) >= 11 is 4.94. The molecule has 2 aromatic rings. The molecule has 94 valence electrons. The molecule has 2 aromatic heterocycles. The van der Waals surface area contributed by atoms with Crippen LogP contribution in [0.15, 0.2) is 34.2 Å². The number of hydrogen-bond acceptors (Lipinski definition) is 4. The molecule has 0 unspecified atom stereocenters. The van der Waals surface area contributed by atoms with E-state index in [0.717, 1.165) is 9.35 Å². The Hall–Kier alpha value is -1.40. The molecule has 0 aliphatic heterocycles. The normalized spacial score (nSPS) is 10.3. The average Bonchev–Trinajstić information content (AvgIpc) is 2.74. The molecule has 1 amide bonds. The van der Waals surface area contributed by atoms with Gasteiger partial charge < -0.3 is 10.0 Å². The Morgan fingerprint density at radius 3 is 3.00 bits per heavy atom. The van der Waals surface area contributed by atoms with E-state index < -0.39 is 0 Å². The van der Waals surface area contributed by atoms with Crippen LogP contribution in [0.25, 0.3) is 0 Å². The van der Waals surface area contributed by atoms with Gasteiger partial charge in [-0.05, 0) is 34.1 Å². The number of aromatic hydroxyl groups is 1. The van der Waals surface area contributed by atoms with Gasteiger partial charge in [-0.2, -0.15) is 0 Å². The summed E-state index contributed by atoms with van der Waals surface area (Å²) in [5.41, 5.74) is 0.0793. The van der Waals surface area contributed by atoms with Crippen LogP contribution >= 0.6 is 27.3 Å². The molecule has 0 spiro atoms. The number of thiophene rings is 1. The van der Waals surface area contributed by atoms with Gasteiger partial charge in [-0.1, -0.05) is 0 Å². The molecule has 2 heterocycles. The SMILES string of the molecule is CN(Cc1cc(Br)cs1)C(=O)c1ncccc1O. The first-order valence-electron chi connectivity index (χ1n) is 5.20. The van der Waals surface area contributed by atoms with Gasteiger partial charge in [0.1, 0.15) is 5.75 Å². The molecule has 0 aromatic carbocycles. The van der Waals surface area contributed by atoms with E-state index in [2.05, 4.69) is 20.9 Å². The van der Waals surface area contributed by atoms with Crippen LogP contribution in [0.3, 0.4) is 0 Å². The van der Waals surface area contributed by atoms with Crippen LogP contribution in [0.5, 0.6) is 5.75 Å². The van der Waals surface area contributed by atoms with Gasteiger partial charge in [0.05, 0.1) is 6.54 Å². The van der Waals surface area contributed by atoms with Crippen LogP contribution in [0.1, 0.15) is 15.4 Å². The first-order chi connectivity index (χ1) is 8.58. The van der Waals surface area contributed by atoms with Gasteiger partial charge in [0, 0.05) is 28.0 Å². The highest BCUT2D eigenvalue weighted by Crippen LogP contribution is 2.22. The van der Waals surface area contributed by atoms with E-state index in [-0.39, 0.29) is 17.4 Å². The lowest BCUT2D eigenvalue weighted by molar-refractivity contribution is 0.0777. The number of halogens is 1. The number of pyridine rings is 1. The first-order valence-corrected chi connectivity index (χ1v) is 6.87. The predicted octanol–water partition coefficient (Wildman–Crippen LogP) is 2.88. The lowest BCUT2D eigenvalue weighted by atomic mass is 10.3. The number of rotatable bonds is 3. The zero-order valence-electron chi connectivity index (χ0n) is 9.63. The van der Waals surface area contributed by atoms with E-state index in [4.69, 9.17) is 0 Å². The first kappa shape index (κ1) is 13.0. The number of carbonyl (C=O) groups excluding carboxylic acids is 1. The minimum absolute atomic E-state index is 0.0793. The maximum atomic E-state index is 12.1. The second-order valence-corrected chi connectivity index (χ2v) is 5.68. The molecular formula is C12H11BrN2O2S. The van der Waals surface area contributed by atoms with Gasteiger partial charge in [0.2, 0.25) is 0 Å². The van der Waals surface area contributed by atoms with Crippen molar-refractivity contribution in [1.82, 2.24) is 9.88 Å². The number of nitrogens with zero attached hydrogens (tertiary/aromatic N) is 2. The highest BCUT2D eigenvalue weighted by Gasteiger charge is 2.17. The van der Waals surface area contributed by atoms with Crippen molar-refractivity contribution < 1.29 is 9.90 Å². The molecule has 0 saturated carbocycles. The van der Waals surface area contributed by atoms with Crippen molar-refractivity contribution >= 4 is 33.2 Å². The second-order valence-electron chi connectivity index (χ2n) is 3.76.